The highest BCUT2D eigenvalue weighted by molar-refractivity contribution is 5.29. The van der Waals surface area contributed by atoms with E-state index in [2.05, 4.69) is 25.7 Å². The van der Waals surface area contributed by atoms with Crippen LogP contribution in [0.25, 0.3) is 0 Å². The number of benzene rings is 1. The fraction of sp³-hybridized carbons (Fsp3) is 0.429. The number of nitrogens with one attached hydrogen (secondary N) is 1. The minimum atomic E-state index is -0.332. The third-order valence-corrected chi connectivity index (χ3v) is 2.36. The molecule has 1 aromatic carbocycles. The Balaban J connectivity index is 2.68. The van der Waals surface area contributed by atoms with Gasteiger partial charge in [-0.25, -0.2) is 4.39 Å². The van der Waals surface area contributed by atoms with Crippen molar-refractivity contribution < 1.29 is 9.13 Å². The molecule has 3 heteroatoms. The Hall–Kier alpha value is -1.35. The smallest absolute Gasteiger partial charge is 0.165 e. The van der Waals surface area contributed by atoms with Crippen molar-refractivity contribution in [3.63, 3.8) is 0 Å². The van der Waals surface area contributed by atoms with Crippen molar-refractivity contribution in [2.24, 2.45) is 0 Å². The van der Waals surface area contributed by atoms with Gasteiger partial charge in [0.05, 0.1) is 0 Å². The molecular weight excluding hydrogens is 217 g/mol. The van der Waals surface area contributed by atoms with Gasteiger partial charge in [-0.3, -0.25) is 0 Å². The molecule has 1 N–H and O–H groups in total. The van der Waals surface area contributed by atoms with Crippen molar-refractivity contribution in [2.75, 3.05) is 0 Å². The van der Waals surface area contributed by atoms with E-state index in [4.69, 9.17) is 4.74 Å². The Morgan fingerprint density at radius 3 is 2.65 bits per heavy atom. The molecule has 0 fully saturated rings. The molecule has 94 valence electrons. The van der Waals surface area contributed by atoms with E-state index in [1.807, 2.05) is 13.0 Å². The van der Waals surface area contributed by atoms with Crippen molar-refractivity contribution in [2.45, 2.75) is 39.5 Å². The predicted molar refractivity (Wildman–Crippen MR) is 68.7 cm³/mol. The summed E-state index contributed by atoms with van der Waals surface area (Å²) < 4.78 is 19.0. The van der Waals surface area contributed by atoms with Crippen molar-refractivity contribution in [1.29, 1.82) is 0 Å². The van der Waals surface area contributed by atoms with E-state index in [-0.39, 0.29) is 17.7 Å². The molecule has 0 aliphatic carbocycles. The molecule has 0 amide bonds. The van der Waals surface area contributed by atoms with Crippen molar-refractivity contribution in [1.82, 2.24) is 5.32 Å². The lowest BCUT2D eigenvalue weighted by molar-refractivity contribution is 0.257. The molecule has 1 atom stereocenters. The summed E-state index contributed by atoms with van der Waals surface area (Å²) in [5, 5.41) is 3.24. The third kappa shape index (κ3) is 4.57. The van der Waals surface area contributed by atoms with Gasteiger partial charge in [-0.05, 0) is 24.6 Å². The number of rotatable bonds is 6. The fourth-order valence-corrected chi connectivity index (χ4v) is 1.32. The molecule has 1 rings (SSSR count). The highest BCUT2D eigenvalue weighted by Crippen LogP contribution is 2.19. The first-order valence-corrected chi connectivity index (χ1v) is 5.84. The largest absolute Gasteiger partial charge is 0.484 e. The Morgan fingerprint density at radius 2 is 2.12 bits per heavy atom. The molecule has 0 aliphatic heterocycles. The lowest BCUT2D eigenvalue weighted by Gasteiger charge is -2.13. The number of halogens is 1. The molecule has 1 unspecified atom stereocenters. The van der Waals surface area contributed by atoms with Gasteiger partial charge in [-0.2, -0.15) is 0 Å². The van der Waals surface area contributed by atoms with Gasteiger partial charge in [-0.1, -0.05) is 32.6 Å². The van der Waals surface area contributed by atoms with Crippen LogP contribution in [0.15, 0.2) is 30.9 Å². The number of ether oxygens (including phenoxy) is 1. The zero-order valence-corrected chi connectivity index (χ0v) is 10.7. The molecule has 0 bridgehead atoms. The van der Waals surface area contributed by atoms with Gasteiger partial charge in [-0.15, -0.1) is 0 Å². The topological polar surface area (TPSA) is 21.3 Å². The van der Waals surface area contributed by atoms with Crippen LogP contribution in [0, 0.1) is 5.82 Å². The Kier molecular flexibility index (Phi) is 5.16. The van der Waals surface area contributed by atoms with E-state index in [1.165, 1.54) is 6.07 Å². The average Bonchev–Trinajstić information content (AvgIpc) is 2.29. The van der Waals surface area contributed by atoms with Crippen molar-refractivity contribution in [3.05, 3.63) is 42.2 Å². The lowest BCUT2D eigenvalue weighted by atomic mass is 10.2. The molecule has 0 heterocycles. The summed E-state index contributed by atoms with van der Waals surface area (Å²) in [4.78, 5) is 0. The van der Waals surface area contributed by atoms with Gasteiger partial charge in [0.15, 0.2) is 11.6 Å². The highest BCUT2D eigenvalue weighted by Gasteiger charge is 2.07. The normalized spacial score (nSPS) is 12.5. The van der Waals surface area contributed by atoms with E-state index in [9.17, 15) is 4.39 Å². The molecule has 2 nitrogen and oxygen atoms in total. The third-order valence-electron chi connectivity index (χ3n) is 2.36. The fourth-order valence-electron chi connectivity index (χ4n) is 1.32. The highest BCUT2D eigenvalue weighted by atomic mass is 19.1. The van der Waals surface area contributed by atoms with Crippen LogP contribution >= 0.6 is 0 Å². The van der Waals surface area contributed by atoms with Crippen LogP contribution < -0.4 is 10.1 Å². The zero-order chi connectivity index (χ0) is 12.8. The summed E-state index contributed by atoms with van der Waals surface area (Å²) >= 11 is 0. The second-order valence-electron chi connectivity index (χ2n) is 4.36. The van der Waals surface area contributed by atoms with Gasteiger partial charge in [0.1, 0.15) is 6.10 Å². The quantitative estimate of drug-likeness (QED) is 0.767. The number of hydrogen-bond donors (Lipinski definition) is 1. The second-order valence-corrected chi connectivity index (χ2v) is 4.36. The van der Waals surface area contributed by atoms with Crippen LogP contribution in [0.5, 0.6) is 5.75 Å². The number of hydrogen-bond acceptors (Lipinski definition) is 2. The van der Waals surface area contributed by atoms with Crippen LogP contribution in [0.2, 0.25) is 0 Å². The minimum absolute atomic E-state index is 0.191. The summed E-state index contributed by atoms with van der Waals surface area (Å²) in [6, 6.07) is 5.41. The molecule has 0 spiro atoms. The van der Waals surface area contributed by atoms with Gasteiger partial charge in [0, 0.05) is 12.6 Å². The monoisotopic (exact) mass is 237 g/mol. The first-order chi connectivity index (χ1) is 8.02. The van der Waals surface area contributed by atoms with Crippen molar-refractivity contribution >= 4 is 0 Å². The van der Waals surface area contributed by atoms with Crippen LogP contribution in [0.3, 0.4) is 0 Å². The standard InChI is InChI=1S/C14H20FNO/c1-5-11(4)17-14-7-6-12(8-13(14)15)9-16-10(2)3/h5-8,10-11,16H,1,9H2,2-4H3. The minimum Gasteiger partial charge on any atom is -0.484 e. The molecule has 0 radical (unpaired) electrons. The van der Waals surface area contributed by atoms with Gasteiger partial charge >= 0.3 is 0 Å². The predicted octanol–water partition coefficient (Wildman–Crippen LogP) is 3.28. The SMILES string of the molecule is C=CC(C)Oc1ccc(CNC(C)C)cc1F. The molecule has 0 aliphatic rings. The van der Waals surface area contributed by atoms with Gasteiger partial charge in [0.25, 0.3) is 0 Å². The summed E-state index contributed by atoms with van der Waals surface area (Å²) in [6.07, 6.45) is 1.44. The maximum absolute atomic E-state index is 13.7. The summed E-state index contributed by atoms with van der Waals surface area (Å²) in [7, 11) is 0. The Bertz CT molecular complexity index is 376. The molecule has 1 aromatic rings. The van der Waals surface area contributed by atoms with Crippen LogP contribution in [0.4, 0.5) is 4.39 Å². The van der Waals surface area contributed by atoms with Gasteiger partial charge in [0.2, 0.25) is 0 Å². The average molecular weight is 237 g/mol. The van der Waals surface area contributed by atoms with Crippen LogP contribution in [-0.4, -0.2) is 12.1 Å². The summed E-state index contributed by atoms with van der Waals surface area (Å²) in [6.45, 7) is 10.2. The molecule has 0 saturated heterocycles. The molecule has 0 aromatic heterocycles. The van der Waals surface area contributed by atoms with E-state index in [0.29, 0.717) is 12.6 Å². The second kappa shape index (κ2) is 6.40. The first-order valence-electron chi connectivity index (χ1n) is 5.84. The first kappa shape index (κ1) is 13.7. The Morgan fingerprint density at radius 1 is 1.41 bits per heavy atom. The molecular formula is C14H20FNO. The van der Waals surface area contributed by atoms with E-state index in [0.717, 1.165) is 5.56 Å². The zero-order valence-electron chi connectivity index (χ0n) is 10.7. The maximum atomic E-state index is 13.7. The molecule has 17 heavy (non-hydrogen) atoms. The molecule has 0 saturated carbocycles. The lowest BCUT2D eigenvalue weighted by Crippen LogP contribution is -2.21. The Labute approximate surface area is 102 Å². The van der Waals surface area contributed by atoms with E-state index in [1.54, 1.807) is 12.1 Å². The van der Waals surface area contributed by atoms with E-state index < -0.39 is 0 Å². The van der Waals surface area contributed by atoms with Crippen molar-refractivity contribution in [3.8, 4) is 5.75 Å². The summed E-state index contributed by atoms with van der Waals surface area (Å²) in [5.74, 6) is -0.0625. The van der Waals surface area contributed by atoms with Crippen LogP contribution in [-0.2, 0) is 6.54 Å². The van der Waals surface area contributed by atoms with Crippen LogP contribution in [0.1, 0.15) is 26.3 Å². The maximum Gasteiger partial charge on any atom is 0.165 e. The summed E-state index contributed by atoms with van der Waals surface area (Å²) in [5.41, 5.74) is 0.912. The van der Waals surface area contributed by atoms with E-state index >= 15 is 0 Å². The van der Waals surface area contributed by atoms with Gasteiger partial charge < -0.3 is 10.1 Å².